The van der Waals surface area contributed by atoms with E-state index in [1.54, 1.807) is 26.2 Å². The Kier molecular flexibility index (Phi) is 14.3. The summed E-state index contributed by atoms with van der Waals surface area (Å²) in [7, 11) is 0. The number of aliphatic hydroxyl groups is 2. The molecule has 310 valence electrons. The van der Waals surface area contributed by atoms with Gasteiger partial charge in [-0.25, -0.2) is 0 Å². The molecule has 4 aromatic rings. The molecule has 14 nitrogen and oxygen atoms in total. The Balaban J connectivity index is 1.15. The Morgan fingerprint density at radius 1 is 0.763 bits per heavy atom. The van der Waals surface area contributed by atoms with E-state index in [1.165, 1.54) is 6.21 Å². The fourth-order valence-electron chi connectivity index (χ4n) is 6.98. The molecule has 6 rings (SSSR count). The molecule has 5 N–H and O–H groups in total. The normalized spacial score (nSPS) is 14.7. The van der Waals surface area contributed by atoms with Crippen molar-refractivity contribution in [2.24, 2.45) is 10.9 Å². The number of aromatic nitrogens is 2. The van der Waals surface area contributed by atoms with E-state index in [-0.39, 0.29) is 43.0 Å². The second-order valence-electron chi connectivity index (χ2n) is 14.8. The van der Waals surface area contributed by atoms with Crippen molar-refractivity contribution in [3.8, 4) is 11.1 Å². The number of amides is 2. The number of aliphatic hydroxyl groups excluding tert-OH is 2. The molecular weight excluding hydrogens is 753 g/mol. The largest absolute Gasteiger partial charge is 0.465 e. The maximum absolute atomic E-state index is 13.6. The third-order valence-electron chi connectivity index (χ3n) is 10.6. The highest BCUT2D eigenvalue weighted by atomic mass is 16.5. The Labute approximate surface area is 343 Å². The first-order valence-corrected chi connectivity index (χ1v) is 20.1. The smallest absolute Gasteiger partial charge is 0.325 e. The summed E-state index contributed by atoms with van der Waals surface area (Å²) in [5.74, 6) is -2.00. The summed E-state index contributed by atoms with van der Waals surface area (Å²) in [6.07, 6.45) is 8.69. The predicted octanol–water partition coefficient (Wildman–Crippen LogP) is 5.78. The molecule has 0 saturated heterocycles. The van der Waals surface area contributed by atoms with E-state index in [1.807, 2.05) is 62.4 Å². The molecule has 59 heavy (non-hydrogen) atoms. The van der Waals surface area contributed by atoms with Crippen LogP contribution in [0.1, 0.15) is 106 Å². The van der Waals surface area contributed by atoms with Gasteiger partial charge in [-0.2, -0.15) is 0 Å². The zero-order valence-electron chi connectivity index (χ0n) is 33.9. The fourth-order valence-corrected chi connectivity index (χ4v) is 6.98. The van der Waals surface area contributed by atoms with Crippen molar-refractivity contribution in [1.82, 2.24) is 15.3 Å². The maximum atomic E-state index is 13.6. The highest BCUT2D eigenvalue weighted by molar-refractivity contribution is 6.05. The lowest BCUT2D eigenvalue weighted by molar-refractivity contribution is -0.147. The minimum atomic E-state index is -0.859. The minimum absolute atomic E-state index is 0.214. The number of ether oxygens (including phenoxy) is 2. The lowest BCUT2D eigenvalue weighted by atomic mass is 9.94. The first-order valence-electron chi connectivity index (χ1n) is 20.1. The van der Waals surface area contributed by atoms with Gasteiger partial charge < -0.3 is 30.3 Å². The summed E-state index contributed by atoms with van der Waals surface area (Å²) in [5, 5.41) is 28.4. The topological polar surface area (TPSA) is 201 Å². The average molecular weight is 805 g/mol. The molecule has 0 radical (unpaired) electrons. The highest BCUT2D eigenvalue weighted by Crippen LogP contribution is 2.43. The molecular formula is C45H52N6O8. The number of pyridine rings is 2. The van der Waals surface area contributed by atoms with Gasteiger partial charge in [0.25, 0.3) is 11.8 Å². The number of aliphatic imine (C=N–C) groups is 1. The molecule has 2 aromatic heterocycles. The number of anilines is 2. The van der Waals surface area contributed by atoms with E-state index in [2.05, 4.69) is 30.9 Å². The predicted molar refractivity (Wildman–Crippen MR) is 223 cm³/mol. The van der Waals surface area contributed by atoms with Crippen molar-refractivity contribution >= 4 is 41.3 Å². The van der Waals surface area contributed by atoms with Crippen LogP contribution in [0.5, 0.6) is 0 Å². The third kappa shape index (κ3) is 10.6. The van der Waals surface area contributed by atoms with Crippen LogP contribution in [0.15, 0.2) is 65.9 Å². The SMILES string of the molecule is CCOC(=O)C(C=NCc1cnc(C(=O)Nc2cccc(-c3cccc(NC(=O)c4cc(C5CC5)c(CN[C@@H](CO)C(=O)OCC)cn4)c3C)c2C)cc1C1CC1)CO. The molecule has 2 saturated carbocycles. The zero-order chi connectivity index (χ0) is 42.1. The molecule has 14 heteroatoms. The van der Waals surface area contributed by atoms with Crippen LogP contribution in [0.25, 0.3) is 11.1 Å². The van der Waals surface area contributed by atoms with Gasteiger partial charge in [0.15, 0.2) is 0 Å². The number of esters is 2. The van der Waals surface area contributed by atoms with Crippen LogP contribution >= 0.6 is 0 Å². The standard InChI is InChI=1S/C45H52N6O8/c1-5-58-44(56)32(24-52)20-46-19-30-21-47-39(17-35(30)28-13-14-28)42(54)50-37-11-7-9-33(26(37)3)34-10-8-12-38(27(34)4)51-43(55)40-18-36(29-15-16-29)31(22-48-40)23-49-41(25-53)45(57)59-6-2/h7-12,17-18,20-22,28-29,32,41,49,52-53H,5-6,13-16,19,23-25H2,1-4H3,(H,50,54)(H,51,55)/t32?,41-/m0/s1. The lowest BCUT2D eigenvalue weighted by Gasteiger charge is -2.18. The molecule has 2 aliphatic rings. The lowest BCUT2D eigenvalue weighted by Crippen LogP contribution is -2.40. The summed E-state index contributed by atoms with van der Waals surface area (Å²) in [5.41, 5.74) is 8.94. The molecule has 2 aromatic carbocycles. The van der Waals surface area contributed by atoms with E-state index >= 15 is 0 Å². The van der Waals surface area contributed by atoms with E-state index in [9.17, 15) is 29.4 Å². The second kappa shape index (κ2) is 19.7. The van der Waals surface area contributed by atoms with Crippen LogP contribution in [0, 0.1) is 19.8 Å². The van der Waals surface area contributed by atoms with Crippen LogP contribution in [-0.4, -0.2) is 82.6 Å². The van der Waals surface area contributed by atoms with Crippen molar-refractivity contribution in [1.29, 1.82) is 0 Å². The van der Waals surface area contributed by atoms with Crippen LogP contribution in [0.4, 0.5) is 11.4 Å². The van der Waals surface area contributed by atoms with Gasteiger partial charge in [0.2, 0.25) is 0 Å². The molecule has 2 amide bonds. The maximum Gasteiger partial charge on any atom is 0.325 e. The van der Waals surface area contributed by atoms with Crippen LogP contribution < -0.4 is 16.0 Å². The fraction of sp³-hybridized carbons (Fsp3) is 0.400. The molecule has 0 spiro atoms. The van der Waals surface area contributed by atoms with E-state index in [4.69, 9.17) is 9.47 Å². The van der Waals surface area contributed by atoms with E-state index in [0.717, 1.165) is 70.2 Å². The van der Waals surface area contributed by atoms with Crippen molar-refractivity contribution < 1.29 is 38.9 Å². The van der Waals surface area contributed by atoms with Gasteiger partial charge in [-0.15, -0.1) is 0 Å². The number of hydrogen-bond donors (Lipinski definition) is 5. The van der Waals surface area contributed by atoms with Crippen molar-refractivity contribution in [3.05, 3.63) is 106 Å². The second-order valence-corrected chi connectivity index (χ2v) is 14.8. The summed E-state index contributed by atoms with van der Waals surface area (Å²) in [6.45, 7) is 7.46. The number of benzene rings is 2. The monoisotopic (exact) mass is 804 g/mol. The van der Waals surface area contributed by atoms with Crippen LogP contribution in [-0.2, 0) is 32.2 Å². The number of carbonyl (C=O) groups excluding carboxylic acids is 4. The Morgan fingerprint density at radius 2 is 1.27 bits per heavy atom. The van der Waals surface area contributed by atoms with Gasteiger partial charge in [-0.3, -0.25) is 39.5 Å². The Morgan fingerprint density at radius 3 is 1.76 bits per heavy atom. The zero-order valence-corrected chi connectivity index (χ0v) is 33.9. The van der Waals surface area contributed by atoms with Crippen molar-refractivity contribution in [3.63, 3.8) is 0 Å². The van der Waals surface area contributed by atoms with E-state index in [0.29, 0.717) is 29.8 Å². The highest BCUT2D eigenvalue weighted by Gasteiger charge is 2.30. The molecule has 2 aliphatic carbocycles. The molecule has 0 aliphatic heterocycles. The molecule has 2 heterocycles. The number of hydrogen-bond acceptors (Lipinski definition) is 12. The van der Waals surface area contributed by atoms with Gasteiger partial charge >= 0.3 is 11.9 Å². The van der Waals surface area contributed by atoms with Gasteiger partial charge in [0, 0.05) is 36.5 Å². The first kappa shape index (κ1) is 42.8. The van der Waals surface area contributed by atoms with Crippen molar-refractivity contribution in [2.45, 2.75) is 84.3 Å². The third-order valence-corrected chi connectivity index (χ3v) is 10.6. The van der Waals surface area contributed by atoms with Crippen LogP contribution in [0.2, 0.25) is 0 Å². The Hall–Kier alpha value is -5.83. The van der Waals surface area contributed by atoms with Gasteiger partial charge in [-0.1, -0.05) is 24.3 Å². The minimum Gasteiger partial charge on any atom is -0.465 e. The summed E-state index contributed by atoms with van der Waals surface area (Å²) < 4.78 is 10.0. The van der Waals surface area contributed by atoms with Crippen LogP contribution in [0.3, 0.4) is 0 Å². The molecule has 1 unspecified atom stereocenters. The first-order chi connectivity index (χ1) is 28.6. The molecule has 2 fully saturated rings. The summed E-state index contributed by atoms with van der Waals surface area (Å²) in [6, 6.07) is 14.1. The number of nitrogens with zero attached hydrogens (tertiary/aromatic N) is 3. The quantitative estimate of drug-likeness (QED) is 0.0569. The number of rotatable bonds is 19. The Bertz CT molecular complexity index is 2220. The van der Waals surface area contributed by atoms with Gasteiger partial charge in [0.1, 0.15) is 23.3 Å². The molecule has 2 atom stereocenters. The summed E-state index contributed by atoms with van der Waals surface area (Å²) in [4.78, 5) is 64.8. The summed E-state index contributed by atoms with van der Waals surface area (Å²) >= 11 is 0. The number of carbonyl (C=O) groups is 4. The van der Waals surface area contributed by atoms with E-state index < -0.39 is 37.1 Å². The number of nitrogens with one attached hydrogen (secondary N) is 3. The average Bonchev–Trinajstić information content (AvgIpc) is 4.17. The van der Waals surface area contributed by atoms with Crippen molar-refractivity contribution in [2.75, 3.05) is 37.1 Å². The van der Waals surface area contributed by atoms with Gasteiger partial charge in [-0.05, 0) is 134 Å². The van der Waals surface area contributed by atoms with Gasteiger partial charge in [0.05, 0.1) is 33.0 Å². The molecule has 0 bridgehead atoms.